The van der Waals surface area contributed by atoms with E-state index in [0.29, 0.717) is 0 Å². The Kier molecular flexibility index (Phi) is 5.17. The molecule has 0 fully saturated rings. The summed E-state index contributed by atoms with van der Waals surface area (Å²) < 4.78 is 4.65. The van der Waals surface area contributed by atoms with Gasteiger partial charge in [-0.3, -0.25) is 10.1 Å². The third kappa shape index (κ3) is 4.37. The first-order chi connectivity index (χ1) is 5.22. The number of aliphatic carboxylic acids is 1. The summed E-state index contributed by atoms with van der Waals surface area (Å²) in [5.41, 5.74) is 0. The Morgan fingerprint density at radius 1 is 1.91 bits per heavy atom. The predicted octanol–water partition coefficient (Wildman–Crippen LogP) is -0.691. The van der Waals surface area contributed by atoms with E-state index in [1.54, 1.807) is 0 Å². The van der Waals surface area contributed by atoms with Crippen LogP contribution in [0, 0.1) is 12.3 Å². The molecule has 4 nitrogen and oxygen atoms in total. The highest BCUT2D eigenvalue weighted by molar-refractivity contribution is 5.73. The van der Waals surface area contributed by atoms with Gasteiger partial charge in [0.1, 0.15) is 6.04 Å². The number of hydrogen-bond acceptors (Lipinski definition) is 3. The van der Waals surface area contributed by atoms with Gasteiger partial charge >= 0.3 is 5.97 Å². The van der Waals surface area contributed by atoms with E-state index in [9.17, 15) is 4.79 Å². The quantitative estimate of drug-likeness (QED) is 0.518. The van der Waals surface area contributed by atoms with Gasteiger partial charge in [0.25, 0.3) is 0 Å². The molecule has 11 heavy (non-hydrogen) atoms. The maximum atomic E-state index is 10.4. The normalized spacial score (nSPS) is 12.0. The Hall–Kier alpha value is -1.05. The first-order valence-electron chi connectivity index (χ1n) is 3.11. The molecule has 0 rings (SSSR count). The molecule has 0 saturated carbocycles. The number of carboxylic acids is 1. The van der Waals surface area contributed by atoms with Gasteiger partial charge in [0.05, 0.1) is 13.2 Å². The molecule has 0 heterocycles. The second kappa shape index (κ2) is 5.71. The van der Waals surface area contributed by atoms with Crippen molar-refractivity contribution in [2.45, 2.75) is 6.04 Å². The van der Waals surface area contributed by atoms with Crippen LogP contribution in [-0.2, 0) is 9.53 Å². The summed E-state index contributed by atoms with van der Waals surface area (Å²) in [6, 6.07) is -0.712. The van der Waals surface area contributed by atoms with E-state index in [4.69, 9.17) is 11.5 Å². The van der Waals surface area contributed by atoms with Crippen molar-refractivity contribution in [3.05, 3.63) is 0 Å². The van der Waals surface area contributed by atoms with Crippen LogP contribution in [0.5, 0.6) is 0 Å². The van der Waals surface area contributed by atoms with Gasteiger partial charge in [-0.2, -0.15) is 0 Å². The Bertz CT molecular complexity index is 162. The maximum Gasteiger partial charge on any atom is 0.323 e. The van der Waals surface area contributed by atoms with Crippen LogP contribution in [0.25, 0.3) is 0 Å². The largest absolute Gasteiger partial charge is 0.480 e. The summed E-state index contributed by atoms with van der Waals surface area (Å²) in [5, 5.41) is 11.1. The van der Waals surface area contributed by atoms with Crippen LogP contribution in [0.15, 0.2) is 0 Å². The van der Waals surface area contributed by atoms with Crippen molar-refractivity contribution in [2.75, 3.05) is 20.3 Å². The number of terminal acetylenes is 1. The molecule has 0 amide bonds. The van der Waals surface area contributed by atoms with E-state index in [0.717, 1.165) is 0 Å². The van der Waals surface area contributed by atoms with Gasteiger partial charge < -0.3 is 9.84 Å². The zero-order valence-corrected chi connectivity index (χ0v) is 6.33. The minimum atomic E-state index is -0.956. The van der Waals surface area contributed by atoms with Crippen molar-refractivity contribution >= 4 is 5.97 Å². The van der Waals surface area contributed by atoms with Crippen molar-refractivity contribution in [1.82, 2.24) is 5.32 Å². The van der Waals surface area contributed by atoms with Crippen LogP contribution in [-0.4, -0.2) is 37.4 Å². The average Bonchev–Trinajstić information content (AvgIpc) is 1.97. The molecular formula is C7H11NO3. The number of rotatable bonds is 5. The van der Waals surface area contributed by atoms with Gasteiger partial charge in [-0.05, 0) is 0 Å². The first kappa shape index (κ1) is 9.95. The highest BCUT2D eigenvalue weighted by atomic mass is 16.5. The summed E-state index contributed by atoms with van der Waals surface area (Å²) >= 11 is 0. The van der Waals surface area contributed by atoms with Crippen LogP contribution in [0.3, 0.4) is 0 Å². The Morgan fingerprint density at radius 2 is 2.55 bits per heavy atom. The van der Waals surface area contributed by atoms with Crippen LogP contribution >= 0.6 is 0 Å². The molecule has 0 radical (unpaired) electrons. The lowest BCUT2D eigenvalue weighted by Gasteiger charge is -2.10. The Balaban J connectivity index is 3.71. The third-order valence-corrected chi connectivity index (χ3v) is 1.08. The average molecular weight is 157 g/mol. The van der Waals surface area contributed by atoms with Crippen LogP contribution in [0.2, 0.25) is 0 Å². The Labute approximate surface area is 65.5 Å². The molecule has 0 aromatic heterocycles. The molecular weight excluding hydrogens is 146 g/mol. The smallest absolute Gasteiger partial charge is 0.323 e. The fraction of sp³-hybridized carbons (Fsp3) is 0.571. The van der Waals surface area contributed by atoms with Gasteiger partial charge in [0.15, 0.2) is 0 Å². The van der Waals surface area contributed by atoms with Crippen molar-refractivity contribution in [2.24, 2.45) is 0 Å². The fourth-order valence-corrected chi connectivity index (χ4v) is 0.566. The van der Waals surface area contributed by atoms with Crippen LogP contribution < -0.4 is 5.32 Å². The molecule has 0 aliphatic heterocycles. The lowest BCUT2D eigenvalue weighted by molar-refractivity contribution is -0.140. The fourth-order valence-electron chi connectivity index (χ4n) is 0.566. The number of nitrogens with one attached hydrogen (secondary N) is 1. The highest BCUT2D eigenvalue weighted by Gasteiger charge is 2.14. The Morgan fingerprint density at radius 3 is 2.91 bits per heavy atom. The van der Waals surface area contributed by atoms with Gasteiger partial charge in [-0.15, -0.1) is 6.42 Å². The second-order valence-corrected chi connectivity index (χ2v) is 1.93. The van der Waals surface area contributed by atoms with E-state index in [2.05, 4.69) is 16.0 Å². The summed E-state index contributed by atoms with van der Waals surface area (Å²) in [5.74, 6) is 1.33. The molecule has 0 aliphatic rings. The summed E-state index contributed by atoms with van der Waals surface area (Å²) in [6.45, 7) is 0.358. The SMILES string of the molecule is C#CCNC(COC)C(=O)O. The van der Waals surface area contributed by atoms with E-state index in [1.165, 1.54) is 7.11 Å². The zero-order valence-electron chi connectivity index (χ0n) is 6.33. The van der Waals surface area contributed by atoms with Gasteiger partial charge in [0.2, 0.25) is 0 Å². The lowest BCUT2D eigenvalue weighted by Crippen LogP contribution is -2.40. The number of hydrogen-bond donors (Lipinski definition) is 2. The van der Waals surface area contributed by atoms with E-state index in [-0.39, 0.29) is 13.2 Å². The highest BCUT2D eigenvalue weighted by Crippen LogP contribution is 1.83. The van der Waals surface area contributed by atoms with Crippen molar-refractivity contribution in [3.8, 4) is 12.3 Å². The molecule has 4 heteroatoms. The van der Waals surface area contributed by atoms with Crippen LogP contribution in [0.4, 0.5) is 0 Å². The summed E-state index contributed by atoms with van der Waals surface area (Å²) in [6.07, 6.45) is 4.93. The maximum absolute atomic E-state index is 10.4. The van der Waals surface area contributed by atoms with Crippen molar-refractivity contribution in [3.63, 3.8) is 0 Å². The number of ether oxygens (including phenoxy) is 1. The minimum absolute atomic E-state index is 0.122. The topological polar surface area (TPSA) is 58.6 Å². The third-order valence-electron chi connectivity index (χ3n) is 1.08. The molecule has 0 spiro atoms. The summed E-state index contributed by atoms with van der Waals surface area (Å²) in [4.78, 5) is 10.4. The molecule has 2 N–H and O–H groups in total. The van der Waals surface area contributed by atoms with Crippen molar-refractivity contribution < 1.29 is 14.6 Å². The minimum Gasteiger partial charge on any atom is -0.480 e. The van der Waals surface area contributed by atoms with Gasteiger partial charge in [-0.1, -0.05) is 5.92 Å². The molecule has 1 unspecified atom stereocenters. The van der Waals surface area contributed by atoms with E-state index < -0.39 is 12.0 Å². The van der Waals surface area contributed by atoms with Gasteiger partial charge in [0, 0.05) is 7.11 Å². The molecule has 62 valence electrons. The molecule has 0 aromatic rings. The molecule has 0 aromatic carbocycles. The van der Waals surface area contributed by atoms with Crippen molar-refractivity contribution in [1.29, 1.82) is 0 Å². The van der Waals surface area contributed by atoms with E-state index in [1.807, 2.05) is 0 Å². The lowest BCUT2D eigenvalue weighted by atomic mass is 10.3. The molecule has 0 aliphatic carbocycles. The van der Waals surface area contributed by atoms with Gasteiger partial charge in [-0.25, -0.2) is 0 Å². The number of carboxylic acid groups (broad SMARTS) is 1. The van der Waals surface area contributed by atoms with Crippen LogP contribution in [0.1, 0.15) is 0 Å². The predicted molar refractivity (Wildman–Crippen MR) is 40.1 cm³/mol. The molecule has 0 saturated heterocycles. The molecule has 1 atom stereocenters. The second-order valence-electron chi connectivity index (χ2n) is 1.93. The summed E-state index contributed by atoms with van der Waals surface area (Å²) in [7, 11) is 1.44. The standard InChI is InChI=1S/C7H11NO3/c1-3-4-8-6(5-11-2)7(9)10/h1,6,8H,4-5H2,2H3,(H,9,10). The monoisotopic (exact) mass is 157 g/mol. The number of carbonyl (C=O) groups is 1. The molecule has 0 bridgehead atoms. The zero-order chi connectivity index (χ0) is 8.69. The number of methoxy groups -OCH3 is 1. The first-order valence-corrected chi connectivity index (χ1v) is 3.11. The van der Waals surface area contributed by atoms with E-state index >= 15 is 0 Å².